The molecule has 5 nitrogen and oxygen atoms in total. The molecular formula is C25H35FIN5. The van der Waals surface area contributed by atoms with Crippen LogP contribution in [-0.4, -0.2) is 75.2 Å². The molecule has 1 unspecified atom stereocenters. The third-order valence-electron chi connectivity index (χ3n) is 6.46. The summed E-state index contributed by atoms with van der Waals surface area (Å²) >= 11 is 0. The maximum atomic E-state index is 14.1. The highest BCUT2D eigenvalue weighted by Gasteiger charge is 2.25. The van der Waals surface area contributed by atoms with Crippen molar-refractivity contribution in [2.45, 2.75) is 12.8 Å². The molecule has 0 amide bonds. The predicted molar refractivity (Wildman–Crippen MR) is 142 cm³/mol. The molecule has 174 valence electrons. The highest BCUT2D eigenvalue weighted by molar-refractivity contribution is 14.0. The summed E-state index contributed by atoms with van der Waals surface area (Å²) in [6.45, 7) is 7.73. The maximum absolute atomic E-state index is 14.1. The van der Waals surface area contributed by atoms with E-state index in [0.29, 0.717) is 11.6 Å². The SMILES string of the molecule is CN=C(NCC1CCN(CCc2ccccc2)C1)N1CCN(c2ccccc2F)CC1.I. The van der Waals surface area contributed by atoms with E-state index in [2.05, 4.69) is 55.3 Å². The Balaban J connectivity index is 0.00000289. The minimum atomic E-state index is -0.142. The lowest BCUT2D eigenvalue weighted by atomic mass is 10.1. The van der Waals surface area contributed by atoms with Gasteiger partial charge in [0.2, 0.25) is 0 Å². The quantitative estimate of drug-likeness (QED) is 0.338. The monoisotopic (exact) mass is 551 g/mol. The zero-order valence-corrected chi connectivity index (χ0v) is 21.3. The molecule has 0 saturated carbocycles. The third-order valence-corrected chi connectivity index (χ3v) is 6.46. The number of nitrogens with one attached hydrogen (secondary N) is 1. The van der Waals surface area contributed by atoms with Crippen LogP contribution in [0.15, 0.2) is 59.6 Å². The van der Waals surface area contributed by atoms with Crippen molar-refractivity contribution in [1.82, 2.24) is 15.1 Å². The molecule has 0 bridgehead atoms. The molecule has 2 aliphatic rings. The van der Waals surface area contributed by atoms with Gasteiger partial charge in [0.15, 0.2) is 5.96 Å². The van der Waals surface area contributed by atoms with Gasteiger partial charge < -0.3 is 20.0 Å². The van der Waals surface area contributed by atoms with Gasteiger partial charge in [0.1, 0.15) is 5.82 Å². The molecular weight excluding hydrogens is 516 g/mol. The number of nitrogens with zero attached hydrogens (tertiary/aromatic N) is 4. The number of rotatable bonds is 6. The Morgan fingerprint density at radius 2 is 1.72 bits per heavy atom. The van der Waals surface area contributed by atoms with Crippen molar-refractivity contribution < 1.29 is 4.39 Å². The first-order valence-electron chi connectivity index (χ1n) is 11.4. The number of aliphatic imine (C=N–C) groups is 1. The van der Waals surface area contributed by atoms with Crippen LogP contribution in [0.1, 0.15) is 12.0 Å². The lowest BCUT2D eigenvalue weighted by molar-refractivity contribution is 0.325. The van der Waals surface area contributed by atoms with E-state index in [-0.39, 0.29) is 29.8 Å². The Kier molecular flexibility index (Phi) is 9.59. The minimum absolute atomic E-state index is 0. The summed E-state index contributed by atoms with van der Waals surface area (Å²) in [6, 6.07) is 17.8. The topological polar surface area (TPSA) is 34.1 Å². The van der Waals surface area contributed by atoms with Crippen molar-refractivity contribution in [3.05, 3.63) is 66.0 Å². The van der Waals surface area contributed by atoms with Crippen LogP contribution in [0.25, 0.3) is 0 Å². The van der Waals surface area contributed by atoms with E-state index < -0.39 is 0 Å². The van der Waals surface area contributed by atoms with Gasteiger partial charge in [-0.05, 0) is 43.0 Å². The van der Waals surface area contributed by atoms with Crippen LogP contribution in [0.3, 0.4) is 0 Å². The van der Waals surface area contributed by atoms with Gasteiger partial charge in [-0.1, -0.05) is 42.5 Å². The second-order valence-electron chi connectivity index (χ2n) is 8.54. The average Bonchev–Trinajstić information content (AvgIpc) is 3.27. The van der Waals surface area contributed by atoms with Crippen molar-refractivity contribution >= 4 is 35.6 Å². The Hall–Kier alpha value is -1.87. The van der Waals surface area contributed by atoms with Gasteiger partial charge in [0, 0.05) is 52.9 Å². The van der Waals surface area contributed by atoms with Gasteiger partial charge in [-0.25, -0.2) is 4.39 Å². The predicted octanol–water partition coefficient (Wildman–Crippen LogP) is 3.71. The highest BCUT2D eigenvalue weighted by atomic mass is 127. The van der Waals surface area contributed by atoms with Gasteiger partial charge in [-0.3, -0.25) is 4.99 Å². The summed E-state index contributed by atoms with van der Waals surface area (Å²) < 4.78 is 14.1. The fourth-order valence-corrected chi connectivity index (χ4v) is 4.65. The smallest absolute Gasteiger partial charge is 0.193 e. The van der Waals surface area contributed by atoms with Crippen molar-refractivity contribution in [1.29, 1.82) is 0 Å². The molecule has 2 heterocycles. The van der Waals surface area contributed by atoms with E-state index in [1.807, 2.05) is 19.2 Å². The number of halogens is 2. The van der Waals surface area contributed by atoms with E-state index in [9.17, 15) is 4.39 Å². The minimum Gasteiger partial charge on any atom is -0.366 e. The zero-order chi connectivity index (χ0) is 21.5. The average molecular weight is 551 g/mol. The van der Waals surface area contributed by atoms with Crippen LogP contribution in [-0.2, 0) is 6.42 Å². The fraction of sp³-hybridized carbons (Fsp3) is 0.480. The van der Waals surface area contributed by atoms with E-state index >= 15 is 0 Å². The number of benzene rings is 2. The number of hydrogen-bond acceptors (Lipinski definition) is 3. The summed E-state index contributed by atoms with van der Waals surface area (Å²) in [5.74, 6) is 1.49. The molecule has 2 aromatic carbocycles. The molecule has 1 atom stereocenters. The molecule has 2 fully saturated rings. The molecule has 2 aliphatic heterocycles. The number of anilines is 1. The summed E-state index contributed by atoms with van der Waals surface area (Å²) in [6.07, 6.45) is 2.36. The molecule has 4 rings (SSSR count). The van der Waals surface area contributed by atoms with Gasteiger partial charge in [0.25, 0.3) is 0 Å². The largest absolute Gasteiger partial charge is 0.366 e. The van der Waals surface area contributed by atoms with Crippen LogP contribution < -0.4 is 10.2 Å². The molecule has 0 spiro atoms. The molecule has 32 heavy (non-hydrogen) atoms. The standard InChI is InChI=1S/C25H34FN5.HI/c1-27-25(31-17-15-30(16-18-31)24-10-6-5-9-23(24)26)28-19-22-12-14-29(20-22)13-11-21-7-3-2-4-8-21;/h2-10,22H,11-20H2,1H3,(H,27,28);1H. The Bertz CT molecular complexity index is 854. The van der Waals surface area contributed by atoms with Crippen LogP contribution in [0.5, 0.6) is 0 Å². The molecule has 0 radical (unpaired) electrons. The first-order valence-corrected chi connectivity index (χ1v) is 11.4. The maximum Gasteiger partial charge on any atom is 0.193 e. The first kappa shape index (κ1) is 24.8. The molecule has 1 N–H and O–H groups in total. The molecule has 2 aromatic rings. The highest BCUT2D eigenvalue weighted by Crippen LogP contribution is 2.20. The Labute approximate surface area is 208 Å². The number of hydrogen-bond donors (Lipinski definition) is 1. The van der Waals surface area contributed by atoms with Gasteiger partial charge in [0.05, 0.1) is 5.69 Å². The lowest BCUT2D eigenvalue weighted by Gasteiger charge is -2.38. The normalized spacial score (nSPS) is 19.7. The van der Waals surface area contributed by atoms with E-state index in [1.165, 1.54) is 24.6 Å². The van der Waals surface area contributed by atoms with E-state index in [0.717, 1.165) is 58.2 Å². The molecule has 0 aliphatic carbocycles. The van der Waals surface area contributed by atoms with E-state index in [1.54, 1.807) is 6.07 Å². The van der Waals surface area contributed by atoms with Crippen molar-refractivity contribution in [2.75, 3.05) is 64.3 Å². The van der Waals surface area contributed by atoms with Crippen LogP contribution in [0, 0.1) is 11.7 Å². The zero-order valence-electron chi connectivity index (χ0n) is 18.9. The van der Waals surface area contributed by atoms with Crippen LogP contribution >= 0.6 is 24.0 Å². The molecule has 2 saturated heterocycles. The summed E-state index contributed by atoms with van der Waals surface area (Å²) in [4.78, 5) is 11.5. The van der Waals surface area contributed by atoms with E-state index in [4.69, 9.17) is 0 Å². The second kappa shape index (κ2) is 12.4. The number of para-hydroxylation sites is 1. The molecule has 0 aromatic heterocycles. The Morgan fingerprint density at radius 3 is 2.44 bits per heavy atom. The third kappa shape index (κ3) is 6.57. The number of guanidine groups is 1. The van der Waals surface area contributed by atoms with Crippen LogP contribution in [0.2, 0.25) is 0 Å². The van der Waals surface area contributed by atoms with Crippen molar-refractivity contribution in [2.24, 2.45) is 10.9 Å². The summed E-state index contributed by atoms with van der Waals surface area (Å²) in [5.41, 5.74) is 2.12. The Morgan fingerprint density at radius 1 is 1.00 bits per heavy atom. The number of piperazine rings is 1. The summed E-state index contributed by atoms with van der Waals surface area (Å²) in [5, 5.41) is 3.60. The second-order valence-corrected chi connectivity index (χ2v) is 8.54. The lowest BCUT2D eigenvalue weighted by Crippen LogP contribution is -2.53. The van der Waals surface area contributed by atoms with Gasteiger partial charge in [-0.15, -0.1) is 24.0 Å². The van der Waals surface area contributed by atoms with Crippen molar-refractivity contribution in [3.8, 4) is 0 Å². The fourth-order valence-electron chi connectivity index (χ4n) is 4.65. The van der Waals surface area contributed by atoms with Gasteiger partial charge in [-0.2, -0.15) is 0 Å². The van der Waals surface area contributed by atoms with Gasteiger partial charge >= 0.3 is 0 Å². The van der Waals surface area contributed by atoms with Crippen LogP contribution in [0.4, 0.5) is 10.1 Å². The number of likely N-dealkylation sites (tertiary alicyclic amines) is 1. The van der Waals surface area contributed by atoms with Crippen molar-refractivity contribution in [3.63, 3.8) is 0 Å². The summed E-state index contributed by atoms with van der Waals surface area (Å²) in [7, 11) is 1.85. The first-order chi connectivity index (χ1) is 15.2. The molecule has 7 heteroatoms.